The summed E-state index contributed by atoms with van der Waals surface area (Å²) in [6.45, 7) is 0. The second-order valence-electron chi connectivity index (χ2n) is 3.67. The van der Waals surface area contributed by atoms with Crippen LogP contribution in [0, 0.1) is 11.6 Å². The molecule has 0 aliphatic carbocycles. The monoisotopic (exact) mass is 283 g/mol. The Morgan fingerprint density at radius 1 is 1.26 bits per heavy atom. The SMILES string of the molecule is Nc1ccc(NC(=O)c2cc(F)c(Cl)cc2F)cn1. The minimum atomic E-state index is -0.910. The molecule has 1 amide bonds. The molecule has 0 atom stereocenters. The maximum absolute atomic E-state index is 13.5. The molecular formula is C12H8ClF2N3O. The van der Waals surface area contributed by atoms with E-state index in [4.69, 9.17) is 17.3 Å². The largest absolute Gasteiger partial charge is 0.384 e. The van der Waals surface area contributed by atoms with E-state index in [1.165, 1.54) is 18.3 Å². The van der Waals surface area contributed by atoms with Gasteiger partial charge in [0.1, 0.15) is 17.5 Å². The number of pyridine rings is 1. The molecule has 98 valence electrons. The van der Waals surface area contributed by atoms with Gasteiger partial charge in [-0.3, -0.25) is 4.79 Å². The number of hydrogen-bond donors (Lipinski definition) is 2. The molecular weight excluding hydrogens is 276 g/mol. The normalized spacial score (nSPS) is 10.3. The van der Waals surface area contributed by atoms with Crippen LogP contribution >= 0.6 is 11.6 Å². The zero-order chi connectivity index (χ0) is 14.0. The molecule has 0 unspecified atom stereocenters. The van der Waals surface area contributed by atoms with Crippen LogP contribution in [0.3, 0.4) is 0 Å². The van der Waals surface area contributed by atoms with Gasteiger partial charge in [-0.05, 0) is 24.3 Å². The Bertz CT molecular complexity index is 632. The first kappa shape index (κ1) is 13.2. The molecule has 1 aromatic carbocycles. The molecule has 7 heteroatoms. The number of nitrogen functional groups attached to an aromatic ring is 1. The topological polar surface area (TPSA) is 68.0 Å². The van der Waals surface area contributed by atoms with Gasteiger partial charge in [0.15, 0.2) is 0 Å². The number of carbonyl (C=O) groups excluding carboxylic acids is 1. The van der Waals surface area contributed by atoms with Crippen molar-refractivity contribution in [2.24, 2.45) is 0 Å². The maximum atomic E-state index is 13.5. The lowest BCUT2D eigenvalue weighted by Gasteiger charge is -2.06. The molecule has 0 fully saturated rings. The van der Waals surface area contributed by atoms with E-state index in [2.05, 4.69) is 10.3 Å². The summed E-state index contributed by atoms with van der Waals surface area (Å²) >= 11 is 5.40. The molecule has 0 radical (unpaired) electrons. The number of rotatable bonds is 2. The van der Waals surface area contributed by atoms with Crippen LogP contribution in [0.5, 0.6) is 0 Å². The molecule has 19 heavy (non-hydrogen) atoms. The number of hydrogen-bond acceptors (Lipinski definition) is 3. The molecule has 4 nitrogen and oxygen atoms in total. The minimum absolute atomic E-state index is 0.279. The predicted octanol–water partition coefficient (Wildman–Crippen LogP) is 2.85. The van der Waals surface area contributed by atoms with Crippen LogP contribution in [0.4, 0.5) is 20.3 Å². The third-order valence-corrected chi connectivity index (χ3v) is 2.59. The summed E-state index contributed by atoms with van der Waals surface area (Å²) in [5.41, 5.74) is 5.25. The van der Waals surface area contributed by atoms with Crippen molar-refractivity contribution in [3.05, 3.63) is 52.7 Å². The van der Waals surface area contributed by atoms with Crippen LogP contribution in [0.15, 0.2) is 30.5 Å². The minimum Gasteiger partial charge on any atom is -0.384 e. The van der Waals surface area contributed by atoms with Crippen molar-refractivity contribution >= 4 is 29.0 Å². The van der Waals surface area contributed by atoms with E-state index in [0.717, 1.165) is 12.1 Å². The molecule has 0 aliphatic rings. The molecule has 1 aromatic heterocycles. The van der Waals surface area contributed by atoms with E-state index < -0.39 is 23.1 Å². The van der Waals surface area contributed by atoms with E-state index in [-0.39, 0.29) is 10.8 Å². The van der Waals surface area contributed by atoms with E-state index in [9.17, 15) is 13.6 Å². The van der Waals surface area contributed by atoms with Crippen LogP contribution in [0.1, 0.15) is 10.4 Å². The summed E-state index contributed by atoms with van der Waals surface area (Å²) in [6, 6.07) is 4.43. The summed E-state index contributed by atoms with van der Waals surface area (Å²) in [6.07, 6.45) is 1.30. The zero-order valence-electron chi connectivity index (χ0n) is 9.45. The number of amides is 1. The van der Waals surface area contributed by atoms with E-state index in [1.54, 1.807) is 0 Å². The highest BCUT2D eigenvalue weighted by Gasteiger charge is 2.15. The molecule has 0 saturated heterocycles. The summed E-state index contributed by atoms with van der Waals surface area (Å²) in [5.74, 6) is -2.31. The van der Waals surface area contributed by atoms with Crippen molar-refractivity contribution in [2.45, 2.75) is 0 Å². The lowest BCUT2D eigenvalue weighted by molar-refractivity contribution is 0.102. The Hall–Kier alpha value is -2.21. The molecule has 0 saturated carbocycles. The first-order valence-corrected chi connectivity index (χ1v) is 5.52. The van der Waals surface area contributed by atoms with Gasteiger partial charge in [0.2, 0.25) is 0 Å². The summed E-state index contributed by atoms with van der Waals surface area (Å²) in [4.78, 5) is 15.5. The Balaban J connectivity index is 2.25. The maximum Gasteiger partial charge on any atom is 0.258 e. The average molecular weight is 284 g/mol. The quantitative estimate of drug-likeness (QED) is 0.833. The number of benzene rings is 1. The van der Waals surface area contributed by atoms with Crippen LogP contribution in [0.2, 0.25) is 5.02 Å². The molecule has 2 aromatic rings. The van der Waals surface area contributed by atoms with Gasteiger partial charge in [0, 0.05) is 0 Å². The van der Waals surface area contributed by atoms with Gasteiger partial charge >= 0.3 is 0 Å². The van der Waals surface area contributed by atoms with Crippen LogP contribution < -0.4 is 11.1 Å². The summed E-state index contributed by atoms with van der Waals surface area (Å²) in [7, 11) is 0. The van der Waals surface area contributed by atoms with Gasteiger partial charge in [-0.2, -0.15) is 0 Å². The van der Waals surface area contributed by atoms with Crippen molar-refractivity contribution in [3.8, 4) is 0 Å². The van der Waals surface area contributed by atoms with Crippen LogP contribution in [-0.4, -0.2) is 10.9 Å². The van der Waals surface area contributed by atoms with Crippen LogP contribution in [0.25, 0.3) is 0 Å². The Morgan fingerprint density at radius 2 is 2.00 bits per heavy atom. The second-order valence-corrected chi connectivity index (χ2v) is 4.08. The number of anilines is 2. The molecule has 1 heterocycles. The highest BCUT2D eigenvalue weighted by molar-refractivity contribution is 6.30. The van der Waals surface area contributed by atoms with Crippen LogP contribution in [-0.2, 0) is 0 Å². The summed E-state index contributed by atoms with van der Waals surface area (Å²) in [5, 5.41) is 1.98. The van der Waals surface area contributed by atoms with Crippen molar-refractivity contribution in [1.82, 2.24) is 4.98 Å². The number of nitrogens with zero attached hydrogens (tertiary/aromatic N) is 1. The average Bonchev–Trinajstić information content (AvgIpc) is 2.36. The molecule has 0 spiro atoms. The Labute approximate surface area is 112 Å². The van der Waals surface area contributed by atoms with E-state index in [1.807, 2.05) is 0 Å². The second kappa shape index (κ2) is 5.19. The van der Waals surface area contributed by atoms with Gasteiger partial charge in [0.25, 0.3) is 5.91 Å². The smallest absolute Gasteiger partial charge is 0.258 e. The van der Waals surface area contributed by atoms with Gasteiger partial charge in [-0.15, -0.1) is 0 Å². The molecule has 2 rings (SSSR count). The fraction of sp³-hybridized carbons (Fsp3) is 0. The van der Waals surface area contributed by atoms with Crippen molar-refractivity contribution in [2.75, 3.05) is 11.1 Å². The third kappa shape index (κ3) is 2.97. The predicted molar refractivity (Wildman–Crippen MR) is 68.0 cm³/mol. The highest BCUT2D eigenvalue weighted by atomic mass is 35.5. The van der Waals surface area contributed by atoms with E-state index in [0.29, 0.717) is 5.69 Å². The van der Waals surface area contributed by atoms with Gasteiger partial charge in [0.05, 0.1) is 22.5 Å². The van der Waals surface area contributed by atoms with Gasteiger partial charge in [-0.25, -0.2) is 13.8 Å². The van der Waals surface area contributed by atoms with Gasteiger partial charge < -0.3 is 11.1 Å². The molecule has 3 N–H and O–H groups in total. The lowest BCUT2D eigenvalue weighted by atomic mass is 10.2. The number of carbonyl (C=O) groups is 1. The number of aromatic nitrogens is 1. The van der Waals surface area contributed by atoms with Crippen molar-refractivity contribution < 1.29 is 13.6 Å². The fourth-order valence-corrected chi connectivity index (χ4v) is 1.52. The number of halogens is 3. The number of nitrogens with two attached hydrogens (primary N) is 1. The van der Waals surface area contributed by atoms with E-state index >= 15 is 0 Å². The first-order valence-electron chi connectivity index (χ1n) is 5.15. The number of nitrogens with one attached hydrogen (secondary N) is 1. The van der Waals surface area contributed by atoms with Crippen molar-refractivity contribution in [3.63, 3.8) is 0 Å². The summed E-state index contributed by atoms with van der Waals surface area (Å²) < 4.78 is 26.7. The Kier molecular flexibility index (Phi) is 3.62. The zero-order valence-corrected chi connectivity index (χ0v) is 10.2. The first-order chi connectivity index (χ1) is 8.97. The van der Waals surface area contributed by atoms with Crippen molar-refractivity contribution in [1.29, 1.82) is 0 Å². The third-order valence-electron chi connectivity index (χ3n) is 2.30. The fourth-order valence-electron chi connectivity index (χ4n) is 1.37. The Morgan fingerprint density at radius 3 is 2.63 bits per heavy atom. The molecule has 0 bridgehead atoms. The van der Waals surface area contributed by atoms with Gasteiger partial charge in [-0.1, -0.05) is 11.6 Å². The molecule has 0 aliphatic heterocycles. The lowest BCUT2D eigenvalue weighted by Crippen LogP contribution is -2.14. The standard InChI is InChI=1S/C12H8ClF2N3O/c13-8-4-9(14)7(3-10(8)15)12(19)18-6-1-2-11(16)17-5-6/h1-5H,(H2,16,17)(H,18,19). The highest BCUT2D eigenvalue weighted by Crippen LogP contribution is 2.20.